The first kappa shape index (κ1) is 14.0. The summed E-state index contributed by atoms with van der Waals surface area (Å²) < 4.78 is 18.4. The molecule has 1 N–H and O–H groups in total. The van der Waals surface area contributed by atoms with Crippen LogP contribution in [0.4, 0.5) is 4.39 Å². The van der Waals surface area contributed by atoms with E-state index < -0.39 is 0 Å². The van der Waals surface area contributed by atoms with E-state index in [4.69, 9.17) is 4.74 Å². The summed E-state index contributed by atoms with van der Waals surface area (Å²) in [5.41, 5.74) is 1.000. The predicted octanol–water partition coefficient (Wildman–Crippen LogP) is 3.18. The molecule has 2 nitrogen and oxygen atoms in total. The number of hydrogen-bond acceptors (Lipinski definition) is 2. The van der Waals surface area contributed by atoms with Crippen molar-refractivity contribution in [2.75, 3.05) is 20.2 Å². The molecule has 17 heavy (non-hydrogen) atoms. The maximum Gasteiger partial charge on any atom is 0.165 e. The van der Waals surface area contributed by atoms with Crippen LogP contribution in [0.1, 0.15) is 32.3 Å². The first-order chi connectivity index (χ1) is 8.04. The van der Waals surface area contributed by atoms with Crippen molar-refractivity contribution in [3.63, 3.8) is 0 Å². The molecule has 0 amide bonds. The number of methoxy groups -OCH3 is 1. The SMILES string of the molecule is COc1ccc(C(C)CNCC(C)C)cc1F. The van der Waals surface area contributed by atoms with E-state index in [9.17, 15) is 4.39 Å². The molecular weight excluding hydrogens is 217 g/mol. The number of halogens is 1. The topological polar surface area (TPSA) is 21.3 Å². The van der Waals surface area contributed by atoms with Gasteiger partial charge in [-0.15, -0.1) is 0 Å². The lowest BCUT2D eigenvalue weighted by Gasteiger charge is -2.15. The molecule has 0 spiro atoms. The molecule has 0 aliphatic rings. The molecule has 0 saturated heterocycles. The van der Waals surface area contributed by atoms with Gasteiger partial charge in [0.05, 0.1) is 7.11 Å². The second-order valence-electron chi connectivity index (χ2n) is 4.85. The van der Waals surface area contributed by atoms with E-state index in [0.717, 1.165) is 18.7 Å². The van der Waals surface area contributed by atoms with Crippen LogP contribution < -0.4 is 10.1 Å². The van der Waals surface area contributed by atoms with Crippen LogP contribution >= 0.6 is 0 Å². The fourth-order valence-electron chi connectivity index (χ4n) is 1.70. The zero-order valence-corrected chi connectivity index (χ0v) is 11.1. The quantitative estimate of drug-likeness (QED) is 0.823. The minimum atomic E-state index is -0.291. The van der Waals surface area contributed by atoms with E-state index in [0.29, 0.717) is 17.6 Å². The fraction of sp³-hybridized carbons (Fsp3) is 0.571. The van der Waals surface area contributed by atoms with Gasteiger partial charge in [-0.3, -0.25) is 0 Å². The third kappa shape index (κ3) is 4.35. The van der Waals surface area contributed by atoms with E-state index in [1.807, 2.05) is 6.07 Å². The number of hydrogen-bond donors (Lipinski definition) is 1. The van der Waals surface area contributed by atoms with Gasteiger partial charge in [0.1, 0.15) is 0 Å². The van der Waals surface area contributed by atoms with Crippen LogP contribution in [0.2, 0.25) is 0 Å². The van der Waals surface area contributed by atoms with Gasteiger partial charge in [-0.2, -0.15) is 0 Å². The Morgan fingerprint density at radius 1 is 1.24 bits per heavy atom. The first-order valence-electron chi connectivity index (χ1n) is 6.08. The molecule has 0 aliphatic carbocycles. The highest BCUT2D eigenvalue weighted by Gasteiger charge is 2.09. The van der Waals surface area contributed by atoms with Crippen molar-refractivity contribution in [1.82, 2.24) is 5.32 Å². The summed E-state index contributed by atoms with van der Waals surface area (Å²) in [4.78, 5) is 0. The fourth-order valence-corrected chi connectivity index (χ4v) is 1.70. The van der Waals surface area contributed by atoms with Crippen molar-refractivity contribution >= 4 is 0 Å². The lowest BCUT2D eigenvalue weighted by molar-refractivity contribution is 0.386. The minimum Gasteiger partial charge on any atom is -0.494 e. The summed E-state index contributed by atoms with van der Waals surface area (Å²) in [5.74, 6) is 0.945. The Hall–Kier alpha value is -1.09. The Bertz CT molecular complexity index is 352. The van der Waals surface area contributed by atoms with Crippen LogP contribution in [0.25, 0.3) is 0 Å². The van der Waals surface area contributed by atoms with Gasteiger partial charge in [0.25, 0.3) is 0 Å². The molecule has 0 aromatic heterocycles. The highest BCUT2D eigenvalue weighted by Crippen LogP contribution is 2.22. The van der Waals surface area contributed by atoms with Gasteiger partial charge in [-0.1, -0.05) is 26.8 Å². The van der Waals surface area contributed by atoms with Crippen molar-refractivity contribution in [2.45, 2.75) is 26.7 Å². The monoisotopic (exact) mass is 239 g/mol. The molecule has 3 heteroatoms. The lowest BCUT2D eigenvalue weighted by atomic mass is 10.0. The molecule has 0 heterocycles. The maximum absolute atomic E-state index is 13.5. The predicted molar refractivity (Wildman–Crippen MR) is 69.1 cm³/mol. The highest BCUT2D eigenvalue weighted by atomic mass is 19.1. The molecule has 0 fully saturated rings. The number of ether oxygens (including phenoxy) is 1. The Labute approximate surface area is 103 Å². The summed E-state index contributed by atoms with van der Waals surface area (Å²) in [6.45, 7) is 8.29. The van der Waals surface area contributed by atoms with E-state index in [2.05, 4.69) is 26.1 Å². The Morgan fingerprint density at radius 3 is 2.47 bits per heavy atom. The number of nitrogens with one attached hydrogen (secondary N) is 1. The van der Waals surface area contributed by atoms with Crippen molar-refractivity contribution in [2.24, 2.45) is 5.92 Å². The zero-order chi connectivity index (χ0) is 12.8. The van der Waals surface area contributed by atoms with E-state index in [1.54, 1.807) is 12.1 Å². The maximum atomic E-state index is 13.5. The molecule has 1 unspecified atom stereocenters. The van der Waals surface area contributed by atoms with Gasteiger partial charge in [0.2, 0.25) is 0 Å². The third-order valence-electron chi connectivity index (χ3n) is 2.75. The Kier molecular flexibility index (Phi) is 5.42. The van der Waals surface area contributed by atoms with Gasteiger partial charge in [-0.05, 0) is 36.1 Å². The van der Waals surface area contributed by atoms with Crippen molar-refractivity contribution in [1.29, 1.82) is 0 Å². The standard InChI is InChI=1S/C14H22FNO/c1-10(2)8-16-9-11(3)12-5-6-14(17-4)13(15)7-12/h5-7,10-11,16H,8-9H2,1-4H3. The smallest absolute Gasteiger partial charge is 0.165 e. The molecule has 1 rings (SSSR count). The van der Waals surface area contributed by atoms with Gasteiger partial charge < -0.3 is 10.1 Å². The van der Waals surface area contributed by atoms with Crippen LogP contribution in [0.5, 0.6) is 5.75 Å². The second kappa shape index (κ2) is 6.60. The largest absolute Gasteiger partial charge is 0.494 e. The molecule has 0 bridgehead atoms. The van der Waals surface area contributed by atoms with Crippen molar-refractivity contribution < 1.29 is 9.13 Å². The highest BCUT2D eigenvalue weighted by molar-refractivity contribution is 5.31. The van der Waals surface area contributed by atoms with Gasteiger partial charge in [0.15, 0.2) is 11.6 Å². The molecule has 0 saturated carbocycles. The first-order valence-corrected chi connectivity index (χ1v) is 6.08. The Balaban J connectivity index is 2.57. The lowest BCUT2D eigenvalue weighted by Crippen LogP contribution is -2.24. The van der Waals surface area contributed by atoms with Crippen molar-refractivity contribution in [3.8, 4) is 5.75 Å². The average molecular weight is 239 g/mol. The summed E-state index contributed by atoms with van der Waals surface area (Å²) in [5, 5.41) is 3.38. The van der Waals surface area contributed by atoms with Crippen molar-refractivity contribution in [3.05, 3.63) is 29.6 Å². The second-order valence-corrected chi connectivity index (χ2v) is 4.85. The zero-order valence-electron chi connectivity index (χ0n) is 11.1. The van der Waals surface area contributed by atoms with Gasteiger partial charge in [0, 0.05) is 6.54 Å². The third-order valence-corrected chi connectivity index (χ3v) is 2.75. The van der Waals surface area contributed by atoms with Crippen LogP contribution in [-0.2, 0) is 0 Å². The summed E-state index contributed by atoms with van der Waals surface area (Å²) >= 11 is 0. The summed E-state index contributed by atoms with van der Waals surface area (Å²) in [7, 11) is 1.48. The van der Waals surface area contributed by atoms with E-state index in [1.165, 1.54) is 7.11 Å². The number of benzene rings is 1. The molecule has 1 atom stereocenters. The molecule has 1 aromatic carbocycles. The van der Waals surface area contributed by atoms with E-state index >= 15 is 0 Å². The van der Waals surface area contributed by atoms with Crippen LogP contribution in [0, 0.1) is 11.7 Å². The average Bonchev–Trinajstić information content (AvgIpc) is 2.28. The molecule has 0 aliphatic heterocycles. The normalized spacial score (nSPS) is 12.8. The van der Waals surface area contributed by atoms with Crippen LogP contribution in [-0.4, -0.2) is 20.2 Å². The molecule has 96 valence electrons. The van der Waals surface area contributed by atoms with Gasteiger partial charge >= 0.3 is 0 Å². The Morgan fingerprint density at radius 2 is 1.94 bits per heavy atom. The molecular formula is C14H22FNO. The van der Waals surface area contributed by atoms with E-state index in [-0.39, 0.29) is 5.82 Å². The summed E-state index contributed by atoms with van der Waals surface area (Å²) in [6.07, 6.45) is 0. The number of rotatable bonds is 6. The minimum absolute atomic E-state index is 0.291. The van der Waals surface area contributed by atoms with Crippen LogP contribution in [0.3, 0.4) is 0 Å². The molecule has 1 aromatic rings. The molecule has 0 radical (unpaired) electrons. The van der Waals surface area contributed by atoms with Gasteiger partial charge in [-0.25, -0.2) is 4.39 Å². The summed E-state index contributed by atoms with van der Waals surface area (Å²) in [6, 6.07) is 5.16. The van der Waals surface area contributed by atoms with Crippen LogP contribution in [0.15, 0.2) is 18.2 Å².